The van der Waals surface area contributed by atoms with Gasteiger partial charge in [0.2, 0.25) is 6.79 Å². The number of rotatable bonds is 2. The molecule has 1 unspecified atom stereocenters. The highest BCUT2D eigenvalue weighted by atomic mass is 16.7. The summed E-state index contributed by atoms with van der Waals surface area (Å²) in [5, 5.41) is 0. The highest BCUT2D eigenvalue weighted by Gasteiger charge is 2.42. The Morgan fingerprint density at radius 2 is 1.76 bits per heavy atom. The molecule has 1 aliphatic carbocycles. The van der Waals surface area contributed by atoms with E-state index in [2.05, 4.69) is 66.1 Å². The van der Waals surface area contributed by atoms with Gasteiger partial charge in [-0.25, -0.2) is 0 Å². The summed E-state index contributed by atoms with van der Waals surface area (Å²) >= 11 is 0. The molecule has 0 aromatic heterocycles. The van der Waals surface area contributed by atoms with Crippen LogP contribution in [0.25, 0.3) is 5.70 Å². The highest BCUT2D eigenvalue weighted by Crippen LogP contribution is 2.51. The number of hydrogen-bond donors (Lipinski definition) is 0. The van der Waals surface area contributed by atoms with Crippen LogP contribution >= 0.6 is 0 Å². The van der Waals surface area contributed by atoms with Gasteiger partial charge in [0, 0.05) is 61.2 Å². The molecule has 33 heavy (non-hydrogen) atoms. The molecule has 0 N–H and O–H groups in total. The Kier molecular flexibility index (Phi) is 4.42. The van der Waals surface area contributed by atoms with Crippen LogP contribution in [-0.4, -0.2) is 38.1 Å². The van der Waals surface area contributed by atoms with Gasteiger partial charge in [0.15, 0.2) is 17.3 Å². The van der Waals surface area contributed by atoms with E-state index in [0.717, 1.165) is 42.1 Å². The SMILES string of the molecule is CN(C)c1ccc(C2C=C3c4cc5c(cc4CCN3C3=C2C(=O)CC(C)(C)C3)OCO5)cc1. The standard InChI is InChI=1S/C28H30N2O3/c1-28(2)14-23-27(24(31)15-28)21(17-5-7-19(8-6-17)29(3)4)12-22-20-13-26-25(32-16-33-26)11-18(20)9-10-30(22)23/h5-8,11-13,21H,9-10,14-16H2,1-4H3. The fourth-order valence-electron chi connectivity index (χ4n) is 5.77. The average molecular weight is 443 g/mol. The molecule has 1 atom stereocenters. The molecule has 5 heteroatoms. The van der Waals surface area contributed by atoms with E-state index < -0.39 is 0 Å². The fraction of sp³-hybridized carbons (Fsp3) is 0.393. The zero-order valence-electron chi connectivity index (χ0n) is 19.8. The Labute approximate surface area is 195 Å². The molecule has 2 aromatic rings. The molecule has 6 rings (SSSR count). The van der Waals surface area contributed by atoms with E-state index in [-0.39, 0.29) is 23.9 Å². The van der Waals surface area contributed by atoms with Crippen molar-refractivity contribution < 1.29 is 14.3 Å². The van der Waals surface area contributed by atoms with Crippen LogP contribution in [0.2, 0.25) is 0 Å². The Balaban J connectivity index is 1.52. The maximum Gasteiger partial charge on any atom is 0.231 e. The number of nitrogens with zero attached hydrogens (tertiary/aromatic N) is 2. The second kappa shape index (κ2) is 7.14. The van der Waals surface area contributed by atoms with Gasteiger partial charge in [-0.1, -0.05) is 26.0 Å². The lowest BCUT2D eigenvalue weighted by atomic mass is 9.69. The third-order valence-electron chi connectivity index (χ3n) is 7.40. The number of hydrogen-bond acceptors (Lipinski definition) is 5. The van der Waals surface area contributed by atoms with Crippen LogP contribution in [0.4, 0.5) is 5.69 Å². The van der Waals surface area contributed by atoms with Crippen LogP contribution in [0, 0.1) is 5.41 Å². The Morgan fingerprint density at radius 3 is 2.48 bits per heavy atom. The lowest BCUT2D eigenvalue weighted by Crippen LogP contribution is -2.40. The van der Waals surface area contributed by atoms with E-state index in [4.69, 9.17) is 9.47 Å². The van der Waals surface area contributed by atoms with Crippen molar-refractivity contribution in [2.24, 2.45) is 5.41 Å². The summed E-state index contributed by atoms with van der Waals surface area (Å²) in [5.41, 5.74) is 8.16. The van der Waals surface area contributed by atoms with Crippen LogP contribution < -0.4 is 14.4 Å². The minimum atomic E-state index is -0.0394. The summed E-state index contributed by atoms with van der Waals surface area (Å²) in [7, 11) is 4.10. The molecule has 3 heterocycles. The van der Waals surface area contributed by atoms with E-state index >= 15 is 0 Å². The number of Topliss-reactive ketones (excluding diaryl/α,β-unsaturated/α-hetero) is 1. The zero-order chi connectivity index (χ0) is 22.9. The first-order valence-electron chi connectivity index (χ1n) is 11.8. The van der Waals surface area contributed by atoms with E-state index in [0.29, 0.717) is 6.42 Å². The molecule has 5 nitrogen and oxygen atoms in total. The average Bonchev–Trinajstić information content (AvgIpc) is 3.23. The van der Waals surface area contributed by atoms with E-state index in [1.54, 1.807) is 0 Å². The number of anilines is 1. The van der Waals surface area contributed by atoms with Crippen molar-refractivity contribution in [1.29, 1.82) is 0 Å². The number of ketones is 1. The Hall–Kier alpha value is -3.21. The molecule has 0 fully saturated rings. The van der Waals surface area contributed by atoms with Crippen molar-refractivity contribution in [2.75, 3.05) is 32.3 Å². The predicted molar refractivity (Wildman–Crippen MR) is 130 cm³/mol. The first kappa shape index (κ1) is 20.4. The van der Waals surface area contributed by atoms with Crippen molar-refractivity contribution in [1.82, 2.24) is 4.90 Å². The van der Waals surface area contributed by atoms with Gasteiger partial charge in [-0.3, -0.25) is 4.79 Å². The first-order chi connectivity index (χ1) is 15.8. The maximum atomic E-state index is 13.5. The van der Waals surface area contributed by atoms with Crippen LogP contribution in [-0.2, 0) is 11.2 Å². The second-order valence-electron chi connectivity index (χ2n) is 10.6. The first-order valence-corrected chi connectivity index (χ1v) is 11.8. The molecule has 4 aliphatic rings. The predicted octanol–water partition coefficient (Wildman–Crippen LogP) is 5.12. The van der Waals surface area contributed by atoms with Gasteiger partial charge in [-0.15, -0.1) is 0 Å². The van der Waals surface area contributed by atoms with Gasteiger partial charge in [-0.05, 0) is 59.7 Å². The summed E-state index contributed by atoms with van der Waals surface area (Å²) in [6.45, 7) is 5.58. The van der Waals surface area contributed by atoms with E-state index in [9.17, 15) is 4.79 Å². The number of fused-ring (bicyclic) bond motifs is 5. The van der Waals surface area contributed by atoms with Crippen LogP contribution in [0.3, 0.4) is 0 Å². The molecule has 2 aromatic carbocycles. The third-order valence-corrected chi connectivity index (χ3v) is 7.40. The van der Waals surface area contributed by atoms with Crippen LogP contribution in [0.1, 0.15) is 49.3 Å². The van der Waals surface area contributed by atoms with Crippen LogP contribution in [0.15, 0.2) is 53.7 Å². The lowest BCUT2D eigenvalue weighted by Gasteiger charge is -2.46. The van der Waals surface area contributed by atoms with E-state index in [1.807, 2.05) is 14.1 Å². The number of benzene rings is 2. The third kappa shape index (κ3) is 3.25. The second-order valence-corrected chi connectivity index (χ2v) is 10.6. The maximum absolute atomic E-state index is 13.5. The molecular weight excluding hydrogens is 412 g/mol. The van der Waals surface area contributed by atoms with Crippen molar-refractivity contribution in [3.63, 3.8) is 0 Å². The molecule has 0 bridgehead atoms. The summed E-state index contributed by atoms with van der Waals surface area (Å²) in [4.78, 5) is 18.0. The van der Waals surface area contributed by atoms with Gasteiger partial charge in [0.05, 0.1) is 0 Å². The highest BCUT2D eigenvalue weighted by molar-refractivity contribution is 6.01. The summed E-state index contributed by atoms with van der Waals surface area (Å²) in [6, 6.07) is 12.9. The topological polar surface area (TPSA) is 42.0 Å². The fourth-order valence-corrected chi connectivity index (χ4v) is 5.77. The molecule has 3 aliphatic heterocycles. The number of ether oxygens (including phenoxy) is 2. The van der Waals surface area contributed by atoms with Crippen LogP contribution in [0.5, 0.6) is 11.5 Å². The quantitative estimate of drug-likeness (QED) is 0.646. The normalized spacial score (nSPS) is 22.4. The molecule has 170 valence electrons. The molecular formula is C28H30N2O3. The zero-order valence-corrected chi connectivity index (χ0v) is 19.8. The van der Waals surface area contributed by atoms with Gasteiger partial charge >= 0.3 is 0 Å². The lowest BCUT2D eigenvalue weighted by molar-refractivity contribution is -0.118. The number of carbonyl (C=O) groups excluding carboxylic acids is 1. The Bertz CT molecular complexity index is 1220. The summed E-state index contributed by atoms with van der Waals surface area (Å²) in [6.07, 6.45) is 4.75. The molecule has 0 radical (unpaired) electrons. The minimum Gasteiger partial charge on any atom is -0.454 e. The van der Waals surface area contributed by atoms with Gasteiger partial charge in [0.25, 0.3) is 0 Å². The minimum absolute atomic E-state index is 0.0349. The van der Waals surface area contributed by atoms with Gasteiger partial charge < -0.3 is 19.3 Å². The van der Waals surface area contributed by atoms with Crippen molar-refractivity contribution in [3.05, 3.63) is 70.4 Å². The van der Waals surface area contributed by atoms with E-state index in [1.165, 1.54) is 28.1 Å². The smallest absolute Gasteiger partial charge is 0.231 e. The molecule has 0 spiro atoms. The molecule has 0 amide bonds. The van der Waals surface area contributed by atoms with Gasteiger partial charge in [-0.2, -0.15) is 0 Å². The van der Waals surface area contributed by atoms with Crippen molar-refractivity contribution in [3.8, 4) is 11.5 Å². The molecule has 0 saturated heterocycles. The number of carbonyl (C=O) groups is 1. The monoisotopic (exact) mass is 442 g/mol. The largest absolute Gasteiger partial charge is 0.454 e. The van der Waals surface area contributed by atoms with Crippen molar-refractivity contribution in [2.45, 2.75) is 39.0 Å². The molecule has 0 saturated carbocycles. The Morgan fingerprint density at radius 1 is 1.03 bits per heavy atom. The summed E-state index contributed by atoms with van der Waals surface area (Å²) in [5.74, 6) is 1.89. The number of allylic oxidation sites excluding steroid dienone is 3. The van der Waals surface area contributed by atoms with Gasteiger partial charge in [0.1, 0.15) is 0 Å². The van der Waals surface area contributed by atoms with Crippen molar-refractivity contribution >= 4 is 17.2 Å². The summed E-state index contributed by atoms with van der Waals surface area (Å²) < 4.78 is 11.3.